The molecule has 3 aromatic rings. The summed E-state index contributed by atoms with van der Waals surface area (Å²) in [6.45, 7) is 3.79. The number of aromatic nitrogens is 2. The van der Waals surface area contributed by atoms with Crippen LogP contribution in [0.1, 0.15) is 41.1 Å². The zero-order chi connectivity index (χ0) is 20.5. The fraction of sp³-hybridized carbons (Fsp3) is 0.261. The number of carbonyl (C=O) groups excluding carboxylic acids is 1. The number of rotatable bonds is 5. The Morgan fingerprint density at radius 2 is 1.83 bits per heavy atom. The Hall–Kier alpha value is -3.28. The second kappa shape index (κ2) is 7.62. The molecule has 0 bridgehead atoms. The molecule has 1 amide bonds. The lowest BCUT2D eigenvalue weighted by Crippen LogP contribution is -2.35. The van der Waals surface area contributed by atoms with Crippen molar-refractivity contribution in [2.45, 2.75) is 26.3 Å². The van der Waals surface area contributed by atoms with Crippen molar-refractivity contribution < 1.29 is 9.18 Å². The quantitative estimate of drug-likeness (QED) is 0.719. The molecule has 1 N–H and O–H groups in total. The molecule has 0 spiro atoms. The number of nitrogens with one attached hydrogen (secondary N) is 1. The number of nitrogens with zero attached hydrogens (tertiary/aromatic N) is 2. The van der Waals surface area contributed by atoms with Gasteiger partial charge in [-0.25, -0.2) is 9.07 Å². The fourth-order valence-electron chi connectivity index (χ4n) is 3.69. The molecule has 6 heteroatoms. The van der Waals surface area contributed by atoms with E-state index in [1.165, 1.54) is 16.8 Å². The summed E-state index contributed by atoms with van der Waals surface area (Å²) in [6, 6.07) is 17.0. The Bertz CT molecular complexity index is 1110. The van der Waals surface area contributed by atoms with Crippen LogP contribution in [0.15, 0.2) is 65.5 Å². The highest BCUT2D eigenvalue weighted by atomic mass is 19.1. The van der Waals surface area contributed by atoms with Crippen LogP contribution in [0.5, 0.6) is 0 Å². The van der Waals surface area contributed by atoms with Gasteiger partial charge < -0.3 is 5.32 Å². The van der Waals surface area contributed by atoms with Crippen molar-refractivity contribution in [3.8, 4) is 5.69 Å². The van der Waals surface area contributed by atoms with Gasteiger partial charge in [-0.3, -0.25) is 9.59 Å². The van der Waals surface area contributed by atoms with Gasteiger partial charge >= 0.3 is 0 Å². The number of para-hydroxylation sites is 1. The van der Waals surface area contributed by atoms with Crippen molar-refractivity contribution in [2.24, 2.45) is 11.8 Å². The first-order valence-corrected chi connectivity index (χ1v) is 9.67. The van der Waals surface area contributed by atoms with Gasteiger partial charge in [-0.1, -0.05) is 49.4 Å². The number of amides is 1. The van der Waals surface area contributed by atoms with Gasteiger partial charge in [0.05, 0.1) is 6.04 Å². The predicted octanol–water partition coefficient (Wildman–Crippen LogP) is 3.81. The van der Waals surface area contributed by atoms with Crippen molar-refractivity contribution in [1.82, 2.24) is 15.1 Å². The first-order valence-electron chi connectivity index (χ1n) is 9.67. The molecule has 2 aromatic carbocycles. The Morgan fingerprint density at radius 3 is 2.48 bits per heavy atom. The molecule has 148 valence electrons. The molecule has 3 unspecified atom stereocenters. The lowest BCUT2D eigenvalue weighted by atomic mass is 10.0. The summed E-state index contributed by atoms with van der Waals surface area (Å²) in [5.41, 5.74) is 0.912. The largest absolute Gasteiger partial charge is 0.343 e. The molecule has 1 fully saturated rings. The van der Waals surface area contributed by atoms with Gasteiger partial charge in [0.2, 0.25) is 5.43 Å². The average molecular weight is 391 g/mol. The van der Waals surface area contributed by atoms with Crippen LogP contribution >= 0.6 is 0 Å². The number of carbonyl (C=O) groups is 1. The van der Waals surface area contributed by atoms with E-state index in [0.29, 0.717) is 17.5 Å². The van der Waals surface area contributed by atoms with Crippen LogP contribution in [0, 0.1) is 24.6 Å². The zero-order valence-corrected chi connectivity index (χ0v) is 16.3. The highest BCUT2D eigenvalue weighted by Crippen LogP contribution is 2.46. The van der Waals surface area contributed by atoms with Crippen molar-refractivity contribution in [3.63, 3.8) is 0 Å². The Morgan fingerprint density at radius 1 is 1.17 bits per heavy atom. The number of hydrogen-bond acceptors (Lipinski definition) is 3. The number of aryl methyl sites for hydroxylation is 1. The summed E-state index contributed by atoms with van der Waals surface area (Å²) in [5, 5.41) is 7.19. The smallest absolute Gasteiger partial charge is 0.276 e. The zero-order valence-electron chi connectivity index (χ0n) is 16.3. The molecule has 1 aliphatic carbocycles. The first-order chi connectivity index (χ1) is 14.0. The maximum atomic E-state index is 14.2. The maximum Gasteiger partial charge on any atom is 0.276 e. The standard InChI is InChI=1S/C23H22FN3O2/c1-14-12-17(14)21(16-8-4-3-5-9-16)25-23(29)22-20(28)13-15(2)27(26-22)19-11-7-6-10-18(19)24/h3-11,13-14,17,21H,12H2,1-2H3,(H,25,29). The summed E-state index contributed by atoms with van der Waals surface area (Å²) in [6.07, 6.45) is 1.01. The topological polar surface area (TPSA) is 64.0 Å². The van der Waals surface area contributed by atoms with E-state index >= 15 is 0 Å². The highest BCUT2D eigenvalue weighted by Gasteiger charge is 2.41. The minimum atomic E-state index is -0.548. The van der Waals surface area contributed by atoms with Gasteiger partial charge in [-0.15, -0.1) is 0 Å². The molecule has 0 aliphatic heterocycles. The monoisotopic (exact) mass is 391 g/mol. The van der Waals surface area contributed by atoms with Crippen LogP contribution in [-0.2, 0) is 0 Å². The van der Waals surface area contributed by atoms with Crippen molar-refractivity contribution in [2.75, 3.05) is 0 Å². The SMILES string of the molecule is Cc1cc(=O)c(C(=O)NC(c2ccccc2)C2CC2C)nn1-c1ccccc1F. The maximum absolute atomic E-state index is 14.2. The molecule has 3 atom stereocenters. The van der Waals surface area contributed by atoms with Crippen molar-refractivity contribution in [1.29, 1.82) is 0 Å². The second-order valence-corrected chi connectivity index (χ2v) is 7.60. The van der Waals surface area contributed by atoms with E-state index < -0.39 is 17.2 Å². The molecule has 29 heavy (non-hydrogen) atoms. The molecule has 1 saturated carbocycles. The van der Waals surface area contributed by atoms with Gasteiger partial charge in [0.15, 0.2) is 5.69 Å². The molecular weight excluding hydrogens is 369 g/mol. The molecule has 5 nitrogen and oxygen atoms in total. The van der Waals surface area contributed by atoms with Gasteiger partial charge in [0, 0.05) is 11.8 Å². The molecule has 1 aliphatic rings. The minimum Gasteiger partial charge on any atom is -0.343 e. The number of benzene rings is 2. The molecule has 1 aromatic heterocycles. The predicted molar refractivity (Wildman–Crippen MR) is 108 cm³/mol. The van der Waals surface area contributed by atoms with E-state index in [4.69, 9.17) is 0 Å². The highest BCUT2D eigenvalue weighted by molar-refractivity contribution is 5.92. The van der Waals surface area contributed by atoms with Crippen LogP contribution in [-0.4, -0.2) is 15.7 Å². The Balaban J connectivity index is 1.69. The van der Waals surface area contributed by atoms with E-state index in [2.05, 4.69) is 17.3 Å². The molecule has 0 radical (unpaired) electrons. The van der Waals surface area contributed by atoms with Crippen LogP contribution in [0.4, 0.5) is 4.39 Å². The second-order valence-electron chi connectivity index (χ2n) is 7.60. The molecule has 4 rings (SSSR count). The Labute approximate surface area is 168 Å². The van der Waals surface area contributed by atoms with Gasteiger partial charge in [-0.2, -0.15) is 5.10 Å². The molecule has 1 heterocycles. The summed E-state index contributed by atoms with van der Waals surface area (Å²) < 4.78 is 15.5. The third-order valence-corrected chi connectivity index (χ3v) is 5.45. The third kappa shape index (κ3) is 3.83. The summed E-state index contributed by atoms with van der Waals surface area (Å²) in [7, 11) is 0. The fourth-order valence-corrected chi connectivity index (χ4v) is 3.69. The average Bonchev–Trinajstić information content (AvgIpc) is 3.43. The summed E-state index contributed by atoms with van der Waals surface area (Å²) in [4.78, 5) is 25.5. The van der Waals surface area contributed by atoms with Crippen LogP contribution in [0.25, 0.3) is 5.69 Å². The molecule has 0 saturated heterocycles. The van der Waals surface area contributed by atoms with Crippen molar-refractivity contribution in [3.05, 3.63) is 93.7 Å². The number of halogens is 1. The third-order valence-electron chi connectivity index (χ3n) is 5.45. The van der Waals surface area contributed by atoms with Crippen LogP contribution in [0.2, 0.25) is 0 Å². The van der Waals surface area contributed by atoms with Gasteiger partial charge in [0.1, 0.15) is 11.5 Å². The molecular formula is C23H22FN3O2. The Kier molecular flexibility index (Phi) is 5.01. The first kappa shape index (κ1) is 19.1. The van der Waals surface area contributed by atoms with E-state index in [-0.39, 0.29) is 17.4 Å². The summed E-state index contributed by atoms with van der Waals surface area (Å²) >= 11 is 0. The summed E-state index contributed by atoms with van der Waals surface area (Å²) in [5.74, 6) is -0.206. The van der Waals surface area contributed by atoms with E-state index in [1.807, 2.05) is 30.3 Å². The van der Waals surface area contributed by atoms with E-state index in [0.717, 1.165) is 12.0 Å². The number of hydrogen-bond donors (Lipinski definition) is 1. The minimum absolute atomic E-state index is 0.189. The van der Waals surface area contributed by atoms with E-state index in [9.17, 15) is 14.0 Å². The lowest BCUT2D eigenvalue weighted by molar-refractivity contribution is 0.0922. The lowest BCUT2D eigenvalue weighted by Gasteiger charge is -2.19. The van der Waals surface area contributed by atoms with Crippen LogP contribution in [0.3, 0.4) is 0 Å². The normalized spacial score (nSPS) is 18.9. The van der Waals surface area contributed by atoms with Gasteiger partial charge in [0.25, 0.3) is 5.91 Å². The van der Waals surface area contributed by atoms with Crippen molar-refractivity contribution >= 4 is 5.91 Å². The van der Waals surface area contributed by atoms with Gasteiger partial charge in [-0.05, 0) is 42.9 Å². The van der Waals surface area contributed by atoms with E-state index in [1.54, 1.807) is 25.1 Å². The van der Waals surface area contributed by atoms with Crippen LogP contribution < -0.4 is 10.7 Å².